The molecule has 0 heterocycles. The molecule has 0 aliphatic rings. The van der Waals surface area contributed by atoms with Gasteiger partial charge in [0.05, 0.1) is 6.61 Å². The van der Waals surface area contributed by atoms with Crippen molar-refractivity contribution in [1.82, 2.24) is 16.0 Å². The Morgan fingerprint density at radius 3 is 1.92 bits per heavy atom. The van der Waals surface area contributed by atoms with Gasteiger partial charge < -0.3 is 49.1 Å². The maximum atomic E-state index is 13.1. The quantitative estimate of drug-likeness (QED) is 0.0535. The van der Waals surface area contributed by atoms with Crippen LogP contribution in [0.1, 0.15) is 31.2 Å². The van der Waals surface area contributed by atoms with Gasteiger partial charge in [-0.15, -0.1) is 0 Å². The summed E-state index contributed by atoms with van der Waals surface area (Å²) < 4.78 is 0. The van der Waals surface area contributed by atoms with Gasteiger partial charge in [-0.25, -0.2) is 4.79 Å². The summed E-state index contributed by atoms with van der Waals surface area (Å²) >= 11 is 0. The third-order valence-electron chi connectivity index (χ3n) is 5.32. The van der Waals surface area contributed by atoms with Gasteiger partial charge in [-0.3, -0.25) is 24.2 Å². The molecule has 1 aromatic carbocycles. The molecule has 0 saturated carbocycles. The number of carboxylic acid groups (broad SMARTS) is 1. The van der Waals surface area contributed by atoms with Gasteiger partial charge in [0, 0.05) is 19.4 Å². The standard InChI is InChI=1S/C23H36N8O7/c24-14(12-32)19(34)29-16(8-9-18(25)33)21(36)30-15(7-4-10-28-23(26)27)20(35)31-17(22(37)38)11-13-5-2-1-3-6-13/h1-3,5-6,14-17,32H,4,7-12,24H2,(H2,25,33)(H,29,34)(H,30,36)(H,31,35)(H,37,38)(H4,26,27,28). The maximum Gasteiger partial charge on any atom is 0.326 e. The van der Waals surface area contributed by atoms with Crippen molar-refractivity contribution in [2.24, 2.45) is 27.9 Å². The highest BCUT2D eigenvalue weighted by atomic mass is 16.4. The van der Waals surface area contributed by atoms with Crippen LogP contribution in [0.5, 0.6) is 0 Å². The topological polar surface area (TPSA) is 278 Å². The van der Waals surface area contributed by atoms with Crippen molar-refractivity contribution in [3.63, 3.8) is 0 Å². The average molecular weight is 537 g/mol. The zero-order chi connectivity index (χ0) is 28.7. The number of amides is 4. The predicted octanol–water partition coefficient (Wildman–Crippen LogP) is -3.59. The molecule has 0 bridgehead atoms. The summed E-state index contributed by atoms with van der Waals surface area (Å²) in [5, 5.41) is 25.9. The molecule has 15 heteroatoms. The lowest BCUT2D eigenvalue weighted by Gasteiger charge is -2.25. The summed E-state index contributed by atoms with van der Waals surface area (Å²) in [6, 6.07) is 3.45. The smallest absolute Gasteiger partial charge is 0.326 e. The van der Waals surface area contributed by atoms with E-state index >= 15 is 0 Å². The summed E-state index contributed by atoms with van der Waals surface area (Å²) in [5.41, 5.74) is 21.9. The van der Waals surface area contributed by atoms with E-state index in [2.05, 4.69) is 20.9 Å². The molecule has 0 aliphatic heterocycles. The number of rotatable bonds is 17. The van der Waals surface area contributed by atoms with Crippen molar-refractivity contribution in [1.29, 1.82) is 0 Å². The van der Waals surface area contributed by atoms with E-state index in [0.29, 0.717) is 5.56 Å². The second kappa shape index (κ2) is 16.5. The van der Waals surface area contributed by atoms with Crippen molar-refractivity contribution < 1.29 is 34.2 Å². The van der Waals surface area contributed by atoms with Crippen LogP contribution in [0.2, 0.25) is 0 Å². The molecule has 0 aromatic heterocycles. The summed E-state index contributed by atoms with van der Waals surface area (Å²) in [4.78, 5) is 65.2. The van der Waals surface area contributed by atoms with E-state index in [0.717, 1.165) is 0 Å². The first kappa shape index (κ1) is 31.8. The molecule has 4 amide bonds. The Morgan fingerprint density at radius 1 is 0.842 bits per heavy atom. The van der Waals surface area contributed by atoms with Crippen LogP contribution in [0.4, 0.5) is 0 Å². The third-order valence-corrected chi connectivity index (χ3v) is 5.32. The number of nitrogens with one attached hydrogen (secondary N) is 3. The molecular formula is C23H36N8O7. The number of carbonyl (C=O) groups excluding carboxylic acids is 4. The number of hydrogen-bond donors (Lipinski definition) is 9. The van der Waals surface area contributed by atoms with Crippen LogP contribution in [0.15, 0.2) is 35.3 Å². The first-order valence-electron chi connectivity index (χ1n) is 11.8. The number of nitrogens with zero attached hydrogens (tertiary/aromatic N) is 1. The highest BCUT2D eigenvalue weighted by Crippen LogP contribution is 2.07. The number of carbonyl (C=O) groups is 5. The minimum Gasteiger partial charge on any atom is -0.480 e. The maximum absolute atomic E-state index is 13.1. The van der Waals surface area contributed by atoms with Gasteiger partial charge in [-0.2, -0.15) is 0 Å². The number of carboxylic acids is 1. The van der Waals surface area contributed by atoms with Gasteiger partial charge in [0.2, 0.25) is 23.6 Å². The molecule has 0 spiro atoms. The molecule has 0 fully saturated rings. The lowest BCUT2D eigenvalue weighted by atomic mass is 10.0. The SMILES string of the molecule is NC(=O)CCC(NC(=O)C(N)CO)C(=O)NC(CCCN=C(N)N)C(=O)NC(Cc1ccccc1)C(=O)O. The van der Waals surface area contributed by atoms with E-state index in [-0.39, 0.29) is 44.6 Å². The Bertz CT molecular complexity index is 985. The zero-order valence-corrected chi connectivity index (χ0v) is 20.8. The number of nitrogens with two attached hydrogens (primary N) is 4. The van der Waals surface area contributed by atoms with E-state index in [9.17, 15) is 29.1 Å². The van der Waals surface area contributed by atoms with Gasteiger partial charge >= 0.3 is 5.97 Å². The number of aliphatic hydroxyl groups excluding tert-OH is 1. The largest absolute Gasteiger partial charge is 0.480 e. The van der Waals surface area contributed by atoms with Crippen molar-refractivity contribution in [2.45, 2.75) is 56.3 Å². The minimum atomic E-state index is -1.33. The molecule has 1 aromatic rings. The Hall–Kier alpha value is -4.24. The fourth-order valence-corrected chi connectivity index (χ4v) is 3.28. The number of benzene rings is 1. The van der Waals surface area contributed by atoms with Crippen LogP contribution in [-0.2, 0) is 30.4 Å². The lowest BCUT2D eigenvalue weighted by molar-refractivity contribution is -0.142. The highest BCUT2D eigenvalue weighted by molar-refractivity contribution is 5.94. The molecular weight excluding hydrogens is 500 g/mol. The fraction of sp³-hybridized carbons (Fsp3) is 0.478. The summed E-state index contributed by atoms with van der Waals surface area (Å²) in [6.07, 6.45) is -0.239. The summed E-state index contributed by atoms with van der Waals surface area (Å²) in [7, 11) is 0. The molecule has 1 rings (SSSR count). The Labute approximate surface area is 219 Å². The second-order valence-electron chi connectivity index (χ2n) is 8.45. The second-order valence-corrected chi connectivity index (χ2v) is 8.45. The molecule has 0 saturated heterocycles. The van der Waals surface area contributed by atoms with E-state index in [1.165, 1.54) is 0 Å². The fourth-order valence-electron chi connectivity index (χ4n) is 3.28. The summed E-state index contributed by atoms with van der Waals surface area (Å²) in [6.45, 7) is -0.564. The summed E-state index contributed by atoms with van der Waals surface area (Å²) in [5.74, 6) is -4.68. The van der Waals surface area contributed by atoms with E-state index in [1.54, 1.807) is 30.3 Å². The Balaban J connectivity index is 3.08. The van der Waals surface area contributed by atoms with Crippen molar-refractivity contribution in [3.05, 3.63) is 35.9 Å². The number of aliphatic imine (C=N–C) groups is 1. The van der Waals surface area contributed by atoms with Gasteiger partial charge in [-0.05, 0) is 24.8 Å². The van der Waals surface area contributed by atoms with Crippen molar-refractivity contribution in [3.8, 4) is 0 Å². The van der Waals surface area contributed by atoms with Gasteiger partial charge in [0.15, 0.2) is 5.96 Å². The first-order valence-corrected chi connectivity index (χ1v) is 11.8. The normalized spacial score (nSPS) is 13.7. The molecule has 0 aliphatic carbocycles. The van der Waals surface area contributed by atoms with Crippen LogP contribution >= 0.6 is 0 Å². The molecule has 210 valence electrons. The Morgan fingerprint density at radius 2 is 1.39 bits per heavy atom. The number of hydrogen-bond acceptors (Lipinski definition) is 8. The molecule has 4 unspecified atom stereocenters. The first-order chi connectivity index (χ1) is 17.9. The molecule has 13 N–H and O–H groups in total. The molecule has 0 radical (unpaired) electrons. The Kier molecular flexibility index (Phi) is 13.8. The van der Waals surface area contributed by atoms with E-state index in [4.69, 9.17) is 28.0 Å². The predicted molar refractivity (Wildman–Crippen MR) is 137 cm³/mol. The van der Waals surface area contributed by atoms with Gasteiger partial charge in [0.1, 0.15) is 24.2 Å². The number of aliphatic hydroxyl groups is 1. The number of guanidine groups is 1. The minimum absolute atomic E-state index is 0.00702. The van der Waals surface area contributed by atoms with Gasteiger partial charge in [-0.1, -0.05) is 30.3 Å². The van der Waals surface area contributed by atoms with Crippen molar-refractivity contribution in [2.75, 3.05) is 13.2 Å². The van der Waals surface area contributed by atoms with Crippen LogP contribution in [0.25, 0.3) is 0 Å². The van der Waals surface area contributed by atoms with Crippen molar-refractivity contribution >= 4 is 35.6 Å². The average Bonchev–Trinajstić information content (AvgIpc) is 2.87. The van der Waals surface area contributed by atoms with Crippen LogP contribution in [0, 0.1) is 0 Å². The van der Waals surface area contributed by atoms with Crippen LogP contribution in [0.3, 0.4) is 0 Å². The third kappa shape index (κ3) is 12.1. The van der Waals surface area contributed by atoms with E-state index in [1.807, 2.05) is 0 Å². The van der Waals surface area contributed by atoms with Crippen LogP contribution in [-0.4, -0.2) is 83.1 Å². The molecule has 15 nitrogen and oxygen atoms in total. The molecule has 4 atom stereocenters. The van der Waals surface area contributed by atoms with Gasteiger partial charge in [0.25, 0.3) is 0 Å². The molecule has 38 heavy (non-hydrogen) atoms. The highest BCUT2D eigenvalue weighted by Gasteiger charge is 2.30. The van der Waals surface area contributed by atoms with E-state index < -0.39 is 60.4 Å². The number of aliphatic carboxylic acids is 1. The zero-order valence-electron chi connectivity index (χ0n) is 20.8. The van der Waals surface area contributed by atoms with Crippen LogP contribution < -0.4 is 38.9 Å². The monoisotopic (exact) mass is 536 g/mol. The number of primary amides is 1. The lowest BCUT2D eigenvalue weighted by Crippen LogP contribution is -2.57.